The van der Waals surface area contributed by atoms with E-state index < -0.39 is 0 Å². The Bertz CT molecular complexity index is 222. The van der Waals surface area contributed by atoms with Gasteiger partial charge in [0.25, 0.3) is 0 Å². The topological polar surface area (TPSA) is 38.3 Å². The molecule has 2 fully saturated rings. The largest absolute Gasteiger partial charge is 0.381 e. The summed E-state index contributed by atoms with van der Waals surface area (Å²) in [5.41, 5.74) is 0.00419. The minimum absolute atomic E-state index is 0.00419. The van der Waals surface area contributed by atoms with Crippen molar-refractivity contribution in [3.05, 3.63) is 0 Å². The molecule has 1 amide bonds. The fourth-order valence-corrected chi connectivity index (χ4v) is 2.38. The molecule has 3 nitrogen and oxygen atoms in total. The molecule has 1 saturated carbocycles. The first-order chi connectivity index (χ1) is 6.77. The summed E-state index contributed by atoms with van der Waals surface area (Å²) in [6.07, 6.45) is 4.37. The number of amides is 1. The summed E-state index contributed by atoms with van der Waals surface area (Å²) in [6.45, 7) is 1.53. The summed E-state index contributed by atoms with van der Waals surface area (Å²) in [5, 5.41) is 3.09. The predicted molar refractivity (Wildman–Crippen MR) is 54.4 cm³/mol. The zero-order chi connectivity index (χ0) is 10.0. The Morgan fingerprint density at radius 3 is 2.57 bits per heavy atom. The molecule has 0 aromatic heterocycles. The Morgan fingerprint density at radius 1 is 1.43 bits per heavy atom. The smallest absolute Gasteiger partial charge is 0.235 e. The lowest BCUT2D eigenvalue weighted by Gasteiger charge is -2.38. The molecule has 1 saturated heterocycles. The van der Waals surface area contributed by atoms with Gasteiger partial charge >= 0.3 is 0 Å². The van der Waals surface area contributed by atoms with Gasteiger partial charge in [0.2, 0.25) is 5.91 Å². The molecule has 80 valence electrons. The number of carbonyl (C=O) groups is 1. The molecular weight excluding hydrogens is 202 g/mol. The van der Waals surface area contributed by atoms with Crippen molar-refractivity contribution in [2.45, 2.75) is 31.2 Å². The number of nitrogens with one attached hydrogen (secondary N) is 1. The van der Waals surface area contributed by atoms with Crippen LogP contribution >= 0.6 is 11.6 Å². The SMILES string of the molecule is O=C(CCl)NC1(C2CC2)CCOCC1. The van der Waals surface area contributed by atoms with Crippen LogP contribution in [0.25, 0.3) is 0 Å². The van der Waals surface area contributed by atoms with Crippen molar-refractivity contribution in [2.75, 3.05) is 19.1 Å². The standard InChI is InChI=1S/C10H16ClNO2/c11-7-9(13)12-10(8-1-2-8)3-5-14-6-4-10/h8H,1-7H2,(H,12,13). The summed E-state index contributed by atoms with van der Waals surface area (Å²) in [4.78, 5) is 11.3. The second-order valence-electron chi connectivity index (χ2n) is 4.22. The summed E-state index contributed by atoms with van der Waals surface area (Å²) >= 11 is 5.51. The highest BCUT2D eigenvalue weighted by Crippen LogP contribution is 2.44. The van der Waals surface area contributed by atoms with E-state index in [1.165, 1.54) is 12.8 Å². The molecule has 0 unspecified atom stereocenters. The van der Waals surface area contributed by atoms with E-state index in [-0.39, 0.29) is 17.3 Å². The molecule has 0 spiro atoms. The van der Waals surface area contributed by atoms with Crippen molar-refractivity contribution in [2.24, 2.45) is 5.92 Å². The van der Waals surface area contributed by atoms with Crippen LogP contribution in [0.5, 0.6) is 0 Å². The van der Waals surface area contributed by atoms with E-state index in [1.54, 1.807) is 0 Å². The zero-order valence-electron chi connectivity index (χ0n) is 8.22. The van der Waals surface area contributed by atoms with Crippen LogP contribution in [0, 0.1) is 5.92 Å². The Kier molecular flexibility index (Phi) is 2.98. The summed E-state index contributed by atoms with van der Waals surface area (Å²) in [5.74, 6) is 0.689. The van der Waals surface area contributed by atoms with Crippen LogP contribution in [0.3, 0.4) is 0 Å². The average molecular weight is 218 g/mol. The van der Waals surface area contributed by atoms with E-state index >= 15 is 0 Å². The molecule has 0 aromatic rings. The van der Waals surface area contributed by atoms with Crippen LogP contribution in [-0.2, 0) is 9.53 Å². The monoisotopic (exact) mass is 217 g/mol. The van der Waals surface area contributed by atoms with E-state index in [0.717, 1.165) is 26.1 Å². The van der Waals surface area contributed by atoms with Gasteiger partial charge in [0.05, 0.1) is 0 Å². The molecule has 0 radical (unpaired) electrons. The fraction of sp³-hybridized carbons (Fsp3) is 0.900. The van der Waals surface area contributed by atoms with Gasteiger partial charge in [0.1, 0.15) is 5.88 Å². The molecule has 0 bridgehead atoms. The van der Waals surface area contributed by atoms with Crippen LogP contribution in [0.2, 0.25) is 0 Å². The van der Waals surface area contributed by atoms with Crippen molar-refractivity contribution in [1.82, 2.24) is 5.32 Å². The van der Waals surface area contributed by atoms with E-state index in [4.69, 9.17) is 16.3 Å². The molecule has 1 heterocycles. The van der Waals surface area contributed by atoms with Crippen LogP contribution in [0.4, 0.5) is 0 Å². The first-order valence-corrected chi connectivity index (χ1v) is 5.75. The number of carbonyl (C=O) groups excluding carboxylic acids is 1. The fourth-order valence-electron chi connectivity index (χ4n) is 2.32. The van der Waals surface area contributed by atoms with Gasteiger partial charge in [-0.25, -0.2) is 0 Å². The second-order valence-corrected chi connectivity index (χ2v) is 4.49. The van der Waals surface area contributed by atoms with E-state index in [1.807, 2.05) is 0 Å². The maximum Gasteiger partial charge on any atom is 0.235 e. The third-order valence-electron chi connectivity index (χ3n) is 3.25. The maximum atomic E-state index is 11.3. The van der Waals surface area contributed by atoms with Crippen molar-refractivity contribution >= 4 is 17.5 Å². The van der Waals surface area contributed by atoms with Crippen molar-refractivity contribution in [3.8, 4) is 0 Å². The molecule has 14 heavy (non-hydrogen) atoms. The summed E-state index contributed by atoms with van der Waals surface area (Å²) < 4.78 is 5.33. The highest BCUT2D eigenvalue weighted by Gasteiger charge is 2.46. The van der Waals surface area contributed by atoms with Gasteiger partial charge in [-0.2, -0.15) is 0 Å². The van der Waals surface area contributed by atoms with Gasteiger partial charge in [-0.3, -0.25) is 4.79 Å². The lowest BCUT2D eigenvalue weighted by Crippen LogP contribution is -2.54. The third kappa shape index (κ3) is 2.04. The molecule has 0 aromatic carbocycles. The van der Waals surface area contributed by atoms with Gasteiger partial charge < -0.3 is 10.1 Å². The number of rotatable bonds is 3. The predicted octanol–water partition coefficient (Wildman–Crippen LogP) is 1.30. The summed E-state index contributed by atoms with van der Waals surface area (Å²) in [7, 11) is 0. The highest BCUT2D eigenvalue weighted by atomic mass is 35.5. The van der Waals surface area contributed by atoms with E-state index in [9.17, 15) is 4.79 Å². The molecule has 1 aliphatic carbocycles. The second kappa shape index (κ2) is 4.07. The van der Waals surface area contributed by atoms with Crippen molar-refractivity contribution in [3.63, 3.8) is 0 Å². The molecule has 4 heteroatoms. The minimum atomic E-state index is -0.0412. The molecular formula is C10H16ClNO2. The van der Waals surface area contributed by atoms with E-state index in [0.29, 0.717) is 5.92 Å². The first-order valence-electron chi connectivity index (χ1n) is 5.21. The Balaban J connectivity index is 2.01. The van der Waals surface area contributed by atoms with Gasteiger partial charge in [0.15, 0.2) is 0 Å². The number of alkyl halides is 1. The Hall–Kier alpha value is -0.280. The quantitative estimate of drug-likeness (QED) is 0.724. The first kappa shape index (κ1) is 10.2. The van der Waals surface area contributed by atoms with E-state index in [2.05, 4.69) is 5.32 Å². The molecule has 2 rings (SSSR count). The Labute approximate surface area is 89.1 Å². The lowest BCUT2D eigenvalue weighted by molar-refractivity contribution is -0.122. The Morgan fingerprint density at radius 2 is 2.07 bits per heavy atom. The summed E-state index contributed by atoms with van der Waals surface area (Å²) in [6, 6.07) is 0. The van der Waals surface area contributed by atoms with Crippen LogP contribution < -0.4 is 5.32 Å². The van der Waals surface area contributed by atoms with Gasteiger partial charge in [-0.1, -0.05) is 0 Å². The number of ether oxygens (including phenoxy) is 1. The molecule has 1 N–H and O–H groups in total. The van der Waals surface area contributed by atoms with Gasteiger partial charge in [0, 0.05) is 18.8 Å². The number of hydrogen-bond acceptors (Lipinski definition) is 2. The van der Waals surface area contributed by atoms with Crippen molar-refractivity contribution in [1.29, 1.82) is 0 Å². The molecule has 0 atom stereocenters. The molecule has 1 aliphatic heterocycles. The lowest BCUT2D eigenvalue weighted by atomic mass is 9.85. The zero-order valence-corrected chi connectivity index (χ0v) is 8.98. The molecule has 2 aliphatic rings. The van der Waals surface area contributed by atoms with Gasteiger partial charge in [-0.05, 0) is 31.6 Å². The van der Waals surface area contributed by atoms with Crippen LogP contribution in [0.15, 0.2) is 0 Å². The van der Waals surface area contributed by atoms with Crippen LogP contribution in [0.1, 0.15) is 25.7 Å². The van der Waals surface area contributed by atoms with Gasteiger partial charge in [-0.15, -0.1) is 11.6 Å². The third-order valence-corrected chi connectivity index (χ3v) is 3.50. The average Bonchev–Trinajstić information content (AvgIpc) is 3.02. The normalized spacial score (nSPS) is 25.8. The van der Waals surface area contributed by atoms with Crippen LogP contribution in [-0.4, -0.2) is 30.5 Å². The minimum Gasteiger partial charge on any atom is -0.381 e. The van der Waals surface area contributed by atoms with Crippen molar-refractivity contribution < 1.29 is 9.53 Å². The number of halogens is 1. The number of hydrogen-bond donors (Lipinski definition) is 1. The maximum absolute atomic E-state index is 11.3. The highest BCUT2D eigenvalue weighted by molar-refractivity contribution is 6.27.